The van der Waals surface area contributed by atoms with Crippen LogP contribution in [0.1, 0.15) is 25.3 Å². The Morgan fingerprint density at radius 1 is 1.35 bits per heavy atom. The van der Waals surface area contributed by atoms with Gasteiger partial charge in [-0.3, -0.25) is 0 Å². The first-order chi connectivity index (χ1) is 9.72. The van der Waals surface area contributed by atoms with Crippen molar-refractivity contribution in [3.8, 4) is 5.75 Å². The molecule has 1 saturated heterocycles. The smallest absolute Gasteiger partial charge is 0.118 e. The minimum atomic E-state index is 0.680. The average Bonchev–Trinajstić information content (AvgIpc) is 2.94. The van der Waals surface area contributed by atoms with Crippen molar-refractivity contribution in [3.63, 3.8) is 0 Å². The van der Waals surface area contributed by atoms with Gasteiger partial charge in [-0.2, -0.15) is 0 Å². The molecule has 1 fully saturated rings. The van der Waals surface area contributed by atoms with E-state index in [-0.39, 0.29) is 0 Å². The molecule has 0 amide bonds. The molecule has 0 aromatic heterocycles. The summed E-state index contributed by atoms with van der Waals surface area (Å²) in [6, 6.07) is 9.15. The lowest BCUT2D eigenvalue weighted by Crippen LogP contribution is -2.32. The molecule has 1 aromatic rings. The third-order valence-corrected chi connectivity index (χ3v) is 4.44. The summed E-state index contributed by atoms with van der Waals surface area (Å²) in [5.41, 5.74) is 1.41. The molecule has 1 aromatic carbocycles. The van der Waals surface area contributed by atoms with Gasteiger partial charge in [-0.1, -0.05) is 12.1 Å². The van der Waals surface area contributed by atoms with Crippen molar-refractivity contribution in [1.29, 1.82) is 0 Å². The summed E-state index contributed by atoms with van der Waals surface area (Å²) < 4.78 is 5.20. The van der Waals surface area contributed by atoms with Crippen LogP contribution >= 0.6 is 0 Å². The van der Waals surface area contributed by atoms with Gasteiger partial charge in [-0.05, 0) is 69.9 Å². The Bertz CT molecular complexity index is 390. The number of ether oxygens (including phenoxy) is 1. The normalized spacial score (nSPS) is 21.1. The number of aryl methyl sites for hydroxylation is 1. The van der Waals surface area contributed by atoms with E-state index < -0.39 is 0 Å². The van der Waals surface area contributed by atoms with Gasteiger partial charge in [0.05, 0.1) is 7.11 Å². The monoisotopic (exact) mass is 276 g/mol. The fourth-order valence-electron chi connectivity index (χ4n) is 3.07. The van der Waals surface area contributed by atoms with Gasteiger partial charge in [-0.25, -0.2) is 0 Å². The second kappa shape index (κ2) is 7.65. The summed E-state index contributed by atoms with van der Waals surface area (Å²) in [6.45, 7) is 6.04. The Labute approximate surface area is 123 Å². The van der Waals surface area contributed by atoms with Crippen molar-refractivity contribution in [2.45, 2.75) is 32.2 Å². The number of hydrogen-bond donors (Lipinski definition) is 1. The van der Waals surface area contributed by atoms with Crippen molar-refractivity contribution in [2.24, 2.45) is 5.92 Å². The highest BCUT2D eigenvalue weighted by atomic mass is 16.5. The van der Waals surface area contributed by atoms with E-state index in [0.29, 0.717) is 6.04 Å². The molecule has 1 aliphatic heterocycles. The molecule has 2 atom stereocenters. The van der Waals surface area contributed by atoms with Crippen LogP contribution in [0.15, 0.2) is 24.3 Å². The van der Waals surface area contributed by atoms with Crippen LogP contribution < -0.4 is 10.1 Å². The van der Waals surface area contributed by atoms with E-state index in [2.05, 4.69) is 48.5 Å². The largest absolute Gasteiger partial charge is 0.497 e. The third-order valence-electron chi connectivity index (χ3n) is 4.44. The molecule has 1 heterocycles. The molecule has 0 spiro atoms. The first-order valence-corrected chi connectivity index (χ1v) is 7.74. The second-order valence-corrected chi connectivity index (χ2v) is 5.94. The maximum absolute atomic E-state index is 5.20. The van der Waals surface area contributed by atoms with E-state index >= 15 is 0 Å². The number of rotatable bonds is 7. The topological polar surface area (TPSA) is 24.5 Å². The van der Waals surface area contributed by atoms with Crippen LogP contribution in [-0.2, 0) is 6.42 Å². The van der Waals surface area contributed by atoms with Gasteiger partial charge in [0.2, 0.25) is 0 Å². The van der Waals surface area contributed by atoms with Crippen LogP contribution in [0.3, 0.4) is 0 Å². The Balaban J connectivity index is 1.75. The quantitative estimate of drug-likeness (QED) is 0.828. The summed E-state index contributed by atoms with van der Waals surface area (Å²) >= 11 is 0. The molecule has 0 saturated carbocycles. The van der Waals surface area contributed by atoms with E-state index in [1.165, 1.54) is 31.5 Å². The number of nitrogens with zero attached hydrogens (tertiary/aromatic N) is 1. The van der Waals surface area contributed by atoms with Crippen LogP contribution in [0, 0.1) is 5.92 Å². The molecular weight excluding hydrogens is 248 g/mol. The van der Waals surface area contributed by atoms with Gasteiger partial charge in [0.1, 0.15) is 5.75 Å². The summed E-state index contributed by atoms with van der Waals surface area (Å²) in [6.07, 6.45) is 3.73. The summed E-state index contributed by atoms with van der Waals surface area (Å²) in [4.78, 5) is 2.64. The van der Waals surface area contributed by atoms with Crippen LogP contribution in [0.25, 0.3) is 0 Å². The number of nitrogens with one attached hydrogen (secondary N) is 1. The fraction of sp³-hybridized carbons (Fsp3) is 0.647. The molecule has 0 radical (unpaired) electrons. The molecule has 1 N–H and O–H groups in total. The fourth-order valence-corrected chi connectivity index (χ4v) is 3.07. The Morgan fingerprint density at radius 2 is 2.10 bits per heavy atom. The number of benzene rings is 1. The van der Waals surface area contributed by atoms with Crippen molar-refractivity contribution < 1.29 is 4.74 Å². The van der Waals surface area contributed by atoms with E-state index in [1.54, 1.807) is 7.11 Å². The van der Waals surface area contributed by atoms with Gasteiger partial charge < -0.3 is 15.0 Å². The number of methoxy groups -OCH3 is 1. The highest BCUT2D eigenvalue weighted by molar-refractivity contribution is 5.27. The van der Waals surface area contributed by atoms with Gasteiger partial charge in [-0.15, -0.1) is 0 Å². The predicted octanol–water partition coefficient (Wildman–Crippen LogP) is 2.56. The third kappa shape index (κ3) is 4.22. The Hall–Kier alpha value is -1.06. The van der Waals surface area contributed by atoms with Gasteiger partial charge in [0.15, 0.2) is 0 Å². The van der Waals surface area contributed by atoms with Crippen LogP contribution in [-0.4, -0.2) is 44.7 Å². The molecule has 2 unspecified atom stereocenters. The molecule has 112 valence electrons. The lowest BCUT2D eigenvalue weighted by molar-refractivity contribution is 0.238. The summed E-state index contributed by atoms with van der Waals surface area (Å²) in [5.74, 6) is 1.78. The zero-order valence-electron chi connectivity index (χ0n) is 13.1. The predicted molar refractivity (Wildman–Crippen MR) is 84.4 cm³/mol. The van der Waals surface area contributed by atoms with Crippen LogP contribution in [0.2, 0.25) is 0 Å². The van der Waals surface area contributed by atoms with Crippen LogP contribution in [0.5, 0.6) is 5.75 Å². The SMILES string of the molecule is CNCC1CCN(C(C)CCc2ccc(OC)cc2)C1. The van der Waals surface area contributed by atoms with Crippen LogP contribution in [0.4, 0.5) is 0 Å². The number of likely N-dealkylation sites (tertiary alicyclic amines) is 1. The number of hydrogen-bond acceptors (Lipinski definition) is 3. The standard InChI is InChI=1S/C17H28N2O/c1-14(19-11-10-16(13-19)12-18-2)4-5-15-6-8-17(20-3)9-7-15/h6-9,14,16,18H,4-5,10-13H2,1-3H3. The maximum Gasteiger partial charge on any atom is 0.118 e. The molecule has 0 aliphatic carbocycles. The van der Waals surface area contributed by atoms with E-state index in [9.17, 15) is 0 Å². The zero-order valence-corrected chi connectivity index (χ0v) is 13.1. The van der Waals surface area contributed by atoms with Crippen molar-refractivity contribution in [3.05, 3.63) is 29.8 Å². The first-order valence-electron chi connectivity index (χ1n) is 7.74. The highest BCUT2D eigenvalue weighted by Crippen LogP contribution is 2.21. The molecule has 2 rings (SSSR count). The van der Waals surface area contributed by atoms with Gasteiger partial charge >= 0.3 is 0 Å². The average molecular weight is 276 g/mol. The Kier molecular flexibility index (Phi) is 5.86. The second-order valence-electron chi connectivity index (χ2n) is 5.94. The van der Waals surface area contributed by atoms with Crippen molar-refractivity contribution in [1.82, 2.24) is 10.2 Å². The van der Waals surface area contributed by atoms with Gasteiger partial charge in [0.25, 0.3) is 0 Å². The molecule has 20 heavy (non-hydrogen) atoms. The minimum absolute atomic E-state index is 0.680. The molecule has 3 heteroatoms. The molecular formula is C17H28N2O. The highest BCUT2D eigenvalue weighted by Gasteiger charge is 2.25. The van der Waals surface area contributed by atoms with E-state index in [0.717, 1.165) is 24.6 Å². The van der Waals surface area contributed by atoms with E-state index in [4.69, 9.17) is 4.74 Å². The van der Waals surface area contributed by atoms with Gasteiger partial charge in [0, 0.05) is 12.6 Å². The van der Waals surface area contributed by atoms with E-state index in [1.807, 2.05) is 0 Å². The molecule has 3 nitrogen and oxygen atoms in total. The zero-order chi connectivity index (χ0) is 14.4. The van der Waals surface area contributed by atoms with Crippen molar-refractivity contribution in [2.75, 3.05) is 33.8 Å². The summed E-state index contributed by atoms with van der Waals surface area (Å²) in [7, 11) is 3.77. The van der Waals surface area contributed by atoms with Crippen molar-refractivity contribution >= 4 is 0 Å². The summed E-state index contributed by atoms with van der Waals surface area (Å²) in [5, 5.41) is 3.30. The lowest BCUT2D eigenvalue weighted by Gasteiger charge is -2.24. The Morgan fingerprint density at radius 3 is 2.75 bits per heavy atom. The lowest BCUT2D eigenvalue weighted by atomic mass is 10.1. The maximum atomic E-state index is 5.20. The minimum Gasteiger partial charge on any atom is -0.497 e. The molecule has 1 aliphatic rings. The first kappa shape index (κ1) is 15.3. The molecule has 0 bridgehead atoms.